The van der Waals surface area contributed by atoms with Gasteiger partial charge in [-0.3, -0.25) is 0 Å². The van der Waals surface area contributed by atoms with E-state index in [0.29, 0.717) is 12.3 Å². The fraction of sp³-hybridized carbons (Fsp3) is 0.538. The number of anilines is 1. The van der Waals surface area contributed by atoms with E-state index in [2.05, 4.69) is 5.32 Å². The molecule has 0 radical (unpaired) electrons. The topological polar surface area (TPSA) is 21.3 Å². The van der Waals surface area contributed by atoms with Gasteiger partial charge in [0.25, 0.3) is 0 Å². The van der Waals surface area contributed by atoms with E-state index in [-0.39, 0.29) is 12.0 Å². The van der Waals surface area contributed by atoms with Gasteiger partial charge in [0.1, 0.15) is 0 Å². The molecule has 0 aliphatic heterocycles. The summed E-state index contributed by atoms with van der Waals surface area (Å²) in [5.41, 5.74) is -0.187. The number of hydrogen-bond donors (Lipinski definition) is 1. The Morgan fingerprint density at radius 2 is 1.94 bits per heavy atom. The van der Waals surface area contributed by atoms with Crippen LogP contribution in [0, 0.1) is 5.92 Å². The molecule has 0 saturated heterocycles. The van der Waals surface area contributed by atoms with Gasteiger partial charge in [0, 0.05) is 12.8 Å². The van der Waals surface area contributed by atoms with Crippen molar-refractivity contribution in [2.24, 2.45) is 5.92 Å². The van der Waals surface area contributed by atoms with Crippen LogP contribution < -0.4 is 5.32 Å². The van der Waals surface area contributed by atoms with Gasteiger partial charge in [-0.2, -0.15) is 13.2 Å². The SMILES string of the molecule is COCC(Nc1cccc(C(F)(F)F)c1)C(C)C. The van der Waals surface area contributed by atoms with E-state index >= 15 is 0 Å². The molecule has 0 spiro atoms. The van der Waals surface area contributed by atoms with E-state index < -0.39 is 11.7 Å². The minimum absolute atomic E-state index is 0.0153. The van der Waals surface area contributed by atoms with E-state index in [1.807, 2.05) is 13.8 Å². The number of benzene rings is 1. The summed E-state index contributed by atoms with van der Waals surface area (Å²) in [6.07, 6.45) is -4.31. The fourth-order valence-corrected chi connectivity index (χ4v) is 1.58. The zero-order chi connectivity index (χ0) is 13.8. The molecule has 1 N–H and O–H groups in total. The Hall–Kier alpha value is -1.23. The van der Waals surface area contributed by atoms with Crippen LogP contribution in [0.2, 0.25) is 0 Å². The van der Waals surface area contributed by atoms with Gasteiger partial charge < -0.3 is 10.1 Å². The molecule has 1 aromatic rings. The molecule has 0 aliphatic rings. The first-order valence-electron chi connectivity index (χ1n) is 5.77. The molecule has 0 fully saturated rings. The summed E-state index contributed by atoms with van der Waals surface area (Å²) in [5.74, 6) is 0.263. The summed E-state index contributed by atoms with van der Waals surface area (Å²) in [5, 5.41) is 3.07. The Morgan fingerprint density at radius 1 is 1.28 bits per heavy atom. The van der Waals surface area contributed by atoms with Crippen LogP contribution in [0.3, 0.4) is 0 Å². The summed E-state index contributed by atoms with van der Waals surface area (Å²) in [7, 11) is 1.57. The molecule has 0 aliphatic carbocycles. The smallest absolute Gasteiger partial charge is 0.383 e. The van der Waals surface area contributed by atoms with E-state index in [1.54, 1.807) is 13.2 Å². The number of alkyl halides is 3. The van der Waals surface area contributed by atoms with Crippen LogP contribution in [-0.4, -0.2) is 19.8 Å². The molecule has 1 rings (SSSR count). The Bertz CT molecular complexity index is 377. The third kappa shape index (κ3) is 4.22. The highest BCUT2D eigenvalue weighted by Crippen LogP contribution is 2.30. The Balaban J connectivity index is 2.83. The van der Waals surface area contributed by atoms with E-state index in [1.165, 1.54) is 6.07 Å². The molecule has 1 unspecified atom stereocenters. The minimum atomic E-state index is -4.31. The quantitative estimate of drug-likeness (QED) is 0.870. The molecule has 5 heteroatoms. The Kier molecular flexibility index (Phi) is 5.02. The molecule has 0 bridgehead atoms. The van der Waals surface area contributed by atoms with Gasteiger partial charge in [0.2, 0.25) is 0 Å². The second-order valence-corrected chi connectivity index (χ2v) is 4.53. The predicted molar refractivity (Wildman–Crippen MR) is 65.6 cm³/mol. The highest BCUT2D eigenvalue weighted by Gasteiger charge is 2.30. The monoisotopic (exact) mass is 261 g/mol. The van der Waals surface area contributed by atoms with Crippen LogP contribution in [0.5, 0.6) is 0 Å². The largest absolute Gasteiger partial charge is 0.416 e. The molecule has 18 heavy (non-hydrogen) atoms. The number of nitrogens with one attached hydrogen (secondary N) is 1. The van der Waals surface area contributed by atoms with Gasteiger partial charge in [-0.1, -0.05) is 19.9 Å². The number of ether oxygens (including phenoxy) is 1. The number of methoxy groups -OCH3 is 1. The molecular weight excluding hydrogens is 243 g/mol. The zero-order valence-corrected chi connectivity index (χ0v) is 10.7. The number of rotatable bonds is 5. The van der Waals surface area contributed by atoms with Crippen molar-refractivity contribution in [1.82, 2.24) is 0 Å². The Morgan fingerprint density at radius 3 is 2.44 bits per heavy atom. The summed E-state index contributed by atoms with van der Waals surface area (Å²) < 4.78 is 42.7. The molecule has 102 valence electrons. The lowest BCUT2D eigenvalue weighted by atomic mass is 10.0. The molecule has 1 atom stereocenters. The van der Waals surface area contributed by atoms with Gasteiger partial charge in [0.05, 0.1) is 18.2 Å². The van der Waals surface area contributed by atoms with Crippen molar-refractivity contribution < 1.29 is 17.9 Å². The van der Waals surface area contributed by atoms with Crippen molar-refractivity contribution in [2.75, 3.05) is 19.0 Å². The van der Waals surface area contributed by atoms with Crippen LogP contribution in [0.15, 0.2) is 24.3 Å². The first kappa shape index (κ1) is 14.8. The average molecular weight is 261 g/mol. The molecule has 0 amide bonds. The molecule has 0 aromatic heterocycles. The van der Waals surface area contributed by atoms with Gasteiger partial charge in [-0.05, 0) is 24.1 Å². The molecule has 2 nitrogen and oxygen atoms in total. The van der Waals surface area contributed by atoms with Crippen molar-refractivity contribution in [2.45, 2.75) is 26.1 Å². The first-order chi connectivity index (χ1) is 8.34. The second kappa shape index (κ2) is 6.09. The fourth-order valence-electron chi connectivity index (χ4n) is 1.58. The van der Waals surface area contributed by atoms with Crippen LogP contribution >= 0.6 is 0 Å². The lowest BCUT2D eigenvalue weighted by Crippen LogP contribution is -2.30. The van der Waals surface area contributed by atoms with Gasteiger partial charge in [-0.25, -0.2) is 0 Å². The first-order valence-corrected chi connectivity index (χ1v) is 5.77. The lowest BCUT2D eigenvalue weighted by molar-refractivity contribution is -0.137. The summed E-state index contributed by atoms with van der Waals surface area (Å²) in [6, 6.07) is 5.19. The van der Waals surface area contributed by atoms with Gasteiger partial charge in [-0.15, -0.1) is 0 Å². The molecule has 0 heterocycles. The third-order valence-electron chi connectivity index (χ3n) is 2.69. The number of halogens is 3. The highest BCUT2D eigenvalue weighted by atomic mass is 19.4. The lowest BCUT2D eigenvalue weighted by Gasteiger charge is -2.23. The summed E-state index contributed by atoms with van der Waals surface area (Å²) >= 11 is 0. The normalized spacial score (nSPS) is 13.7. The minimum Gasteiger partial charge on any atom is -0.383 e. The summed E-state index contributed by atoms with van der Waals surface area (Å²) in [6.45, 7) is 4.43. The van der Waals surface area contributed by atoms with Crippen molar-refractivity contribution in [1.29, 1.82) is 0 Å². The molecule has 0 saturated carbocycles. The van der Waals surface area contributed by atoms with Crippen LogP contribution in [0.4, 0.5) is 18.9 Å². The van der Waals surface area contributed by atoms with E-state index in [9.17, 15) is 13.2 Å². The van der Waals surface area contributed by atoms with Crippen LogP contribution in [-0.2, 0) is 10.9 Å². The standard InChI is InChI=1S/C13H18F3NO/c1-9(2)12(8-18-3)17-11-6-4-5-10(7-11)13(14,15)16/h4-7,9,12,17H,8H2,1-3H3. The van der Waals surface area contributed by atoms with Crippen molar-refractivity contribution in [3.63, 3.8) is 0 Å². The molecular formula is C13H18F3NO. The van der Waals surface area contributed by atoms with Crippen molar-refractivity contribution in [3.05, 3.63) is 29.8 Å². The summed E-state index contributed by atoms with van der Waals surface area (Å²) in [4.78, 5) is 0. The van der Waals surface area contributed by atoms with E-state index in [4.69, 9.17) is 4.74 Å². The number of hydrogen-bond acceptors (Lipinski definition) is 2. The maximum atomic E-state index is 12.6. The van der Waals surface area contributed by atoms with Gasteiger partial charge in [0.15, 0.2) is 0 Å². The maximum Gasteiger partial charge on any atom is 0.416 e. The molecule has 1 aromatic carbocycles. The predicted octanol–water partition coefficient (Wildman–Crippen LogP) is 3.79. The van der Waals surface area contributed by atoms with Crippen LogP contribution in [0.25, 0.3) is 0 Å². The van der Waals surface area contributed by atoms with Crippen LogP contribution in [0.1, 0.15) is 19.4 Å². The third-order valence-corrected chi connectivity index (χ3v) is 2.69. The van der Waals surface area contributed by atoms with Gasteiger partial charge >= 0.3 is 6.18 Å². The average Bonchev–Trinajstić information content (AvgIpc) is 2.27. The van der Waals surface area contributed by atoms with Crippen molar-refractivity contribution in [3.8, 4) is 0 Å². The highest BCUT2D eigenvalue weighted by molar-refractivity contribution is 5.47. The maximum absolute atomic E-state index is 12.6. The second-order valence-electron chi connectivity index (χ2n) is 4.53. The van der Waals surface area contributed by atoms with E-state index in [0.717, 1.165) is 12.1 Å². The van der Waals surface area contributed by atoms with Crippen molar-refractivity contribution >= 4 is 5.69 Å². The zero-order valence-electron chi connectivity index (χ0n) is 10.7. The Labute approximate surface area is 105 Å².